The Morgan fingerprint density at radius 1 is 1.20 bits per heavy atom. The molecule has 1 saturated carbocycles. The minimum atomic E-state index is -2.18. The number of aliphatic carboxylic acids is 1. The Balaban J connectivity index is 1.95. The van der Waals surface area contributed by atoms with Crippen molar-refractivity contribution >= 4 is 5.97 Å². The maximum absolute atomic E-state index is 15.3. The fraction of sp³-hybridized carbons (Fsp3) is 0.381. The van der Waals surface area contributed by atoms with Gasteiger partial charge in [0.15, 0.2) is 0 Å². The van der Waals surface area contributed by atoms with E-state index in [0.29, 0.717) is 19.4 Å². The van der Waals surface area contributed by atoms with Crippen LogP contribution in [0.2, 0.25) is 0 Å². The highest BCUT2D eigenvalue weighted by Gasteiger charge is 2.53. The summed E-state index contributed by atoms with van der Waals surface area (Å²) in [7, 11) is 0. The molecule has 25 heavy (non-hydrogen) atoms. The number of benzene rings is 2. The van der Waals surface area contributed by atoms with Crippen LogP contribution in [-0.4, -0.2) is 27.7 Å². The normalized spacial score (nSPS) is 24.4. The molecule has 1 aliphatic rings. The van der Waals surface area contributed by atoms with Crippen LogP contribution in [0.5, 0.6) is 0 Å². The van der Waals surface area contributed by atoms with Crippen LogP contribution in [-0.2, 0) is 11.3 Å². The van der Waals surface area contributed by atoms with E-state index < -0.39 is 17.7 Å². The molecule has 0 radical (unpaired) electrons. The lowest BCUT2D eigenvalue weighted by Gasteiger charge is -2.39. The van der Waals surface area contributed by atoms with E-state index in [4.69, 9.17) is 0 Å². The molecule has 0 aliphatic heterocycles. The third kappa shape index (κ3) is 3.59. The van der Waals surface area contributed by atoms with Crippen LogP contribution < -0.4 is 0 Å². The van der Waals surface area contributed by atoms with Gasteiger partial charge in [-0.1, -0.05) is 60.7 Å². The third-order valence-electron chi connectivity index (χ3n) is 5.29. The number of carboxylic acid groups (broad SMARTS) is 1. The van der Waals surface area contributed by atoms with E-state index >= 15 is 4.39 Å². The Hall–Kier alpha value is -2.20. The molecule has 0 amide bonds. The Morgan fingerprint density at radius 2 is 1.80 bits per heavy atom. The van der Waals surface area contributed by atoms with Gasteiger partial charge in [-0.05, 0) is 37.3 Å². The first-order chi connectivity index (χ1) is 12.0. The minimum absolute atomic E-state index is 0.0704. The van der Waals surface area contributed by atoms with Crippen LogP contribution in [0.1, 0.15) is 43.4 Å². The average Bonchev–Trinajstić information content (AvgIpc) is 3.04. The largest absolute Gasteiger partial charge is 0.479 e. The Kier molecular flexibility index (Phi) is 5.19. The molecular weight excluding hydrogens is 317 g/mol. The van der Waals surface area contributed by atoms with Crippen molar-refractivity contribution in [2.75, 3.05) is 0 Å². The maximum atomic E-state index is 15.3. The molecule has 2 aromatic carbocycles. The van der Waals surface area contributed by atoms with Gasteiger partial charge < -0.3 is 5.11 Å². The lowest BCUT2D eigenvalue weighted by atomic mass is 9.94. The van der Waals surface area contributed by atoms with Crippen molar-refractivity contribution < 1.29 is 14.3 Å². The number of carboxylic acids is 1. The molecule has 0 bridgehead atoms. The summed E-state index contributed by atoms with van der Waals surface area (Å²) in [6, 6.07) is 19.0. The van der Waals surface area contributed by atoms with E-state index in [0.717, 1.165) is 11.1 Å². The maximum Gasteiger partial charge on any atom is 0.343 e. The zero-order chi connectivity index (χ0) is 17.9. The third-order valence-corrected chi connectivity index (χ3v) is 5.29. The van der Waals surface area contributed by atoms with Crippen molar-refractivity contribution in [2.45, 2.75) is 50.5 Å². The molecule has 3 nitrogen and oxygen atoms in total. The van der Waals surface area contributed by atoms with Gasteiger partial charge >= 0.3 is 5.97 Å². The molecule has 2 aromatic rings. The van der Waals surface area contributed by atoms with Crippen LogP contribution in [0.15, 0.2) is 60.7 Å². The van der Waals surface area contributed by atoms with Gasteiger partial charge in [0.05, 0.1) is 6.04 Å². The van der Waals surface area contributed by atoms with E-state index in [1.807, 2.05) is 72.5 Å². The Bertz CT molecular complexity index is 706. The first kappa shape index (κ1) is 17.6. The zero-order valence-electron chi connectivity index (χ0n) is 14.4. The molecule has 132 valence electrons. The number of rotatable bonds is 6. The van der Waals surface area contributed by atoms with Crippen LogP contribution in [0.3, 0.4) is 0 Å². The molecule has 0 unspecified atom stereocenters. The second-order valence-electron chi connectivity index (χ2n) is 6.82. The van der Waals surface area contributed by atoms with Crippen LogP contribution in [0.4, 0.5) is 4.39 Å². The summed E-state index contributed by atoms with van der Waals surface area (Å²) < 4.78 is 15.3. The van der Waals surface area contributed by atoms with Gasteiger partial charge in [-0.2, -0.15) is 0 Å². The summed E-state index contributed by atoms with van der Waals surface area (Å²) in [5, 5.41) is 9.51. The summed E-state index contributed by atoms with van der Waals surface area (Å²) in [5.74, 6) is -1.34. The molecule has 1 aliphatic carbocycles. The van der Waals surface area contributed by atoms with Gasteiger partial charge in [-0.15, -0.1) is 0 Å². The molecule has 1 N–H and O–H groups in total. The van der Waals surface area contributed by atoms with Crippen LogP contribution >= 0.6 is 0 Å². The minimum Gasteiger partial charge on any atom is -0.479 e. The molecule has 0 heterocycles. The van der Waals surface area contributed by atoms with Crippen LogP contribution in [0, 0.1) is 0 Å². The van der Waals surface area contributed by atoms with E-state index in [1.165, 1.54) is 0 Å². The fourth-order valence-corrected chi connectivity index (χ4v) is 3.86. The lowest BCUT2D eigenvalue weighted by molar-refractivity contribution is -0.155. The van der Waals surface area contributed by atoms with Crippen molar-refractivity contribution in [3.05, 3.63) is 71.8 Å². The monoisotopic (exact) mass is 341 g/mol. The number of hydrogen-bond acceptors (Lipinski definition) is 2. The average molecular weight is 341 g/mol. The van der Waals surface area contributed by atoms with Crippen molar-refractivity contribution in [1.82, 2.24) is 4.90 Å². The lowest BCUT2D eigenvalue weighted by Crippen LogP contribution is -2.51. The van der Waals surface area contributed by atoms with Gasteiger partial charge in [0.25, 0.3) is 0 Å². The van der Waals surface area contributed by atoms with Crippen molar-refractivity contribution in [2.24, 2.45) is 0 Å². The van der Waals surface area contributed by atoms with Gasteiger partial charge in [0.1, 0.15) is 0 Å². The van der Waals surface area contributed by atoms with Gasteiger partial charge in [0.2, 0.25) is 5.67 Å². The predicted molar refractivity (Wildman–Crippen MR) is 96.0 cm³/mol. The van der Waals surface area contributed by atoms with E-state index in [-0.39, 0.29) is 12.5 Å². The number of hydrogen-bond donors (Lipinski definition) is 1. The van der Waals surface area contributed by atoms with Crippen molar-refractivity contribution in [3.63, 3.8) is 0 Å². The van der Waals surface area contributed by atoms with Gasteiger partial charge in [-0.25, -0.2) is 9.18 Å². The fourth-order valence-electron chi connectivity index (χ4n) is 3.86. The molecule has 0 aromatic heterocycles. The second kappa shape index (κ2) is 7.36. The standard InChI is InChI=1S/C21H24FNO2/c1-16(18-11-6-3-7-12-18)23(15-17-9-4-2-5-10-17)19-13-8-14-21(19,22)20(24)25/h2-7,9-12,16,19H,8,13-15H2,1H3,(H,24,25)/t16-,19-,21-/m1/s1. The molecule has 0 spiro atoms. The second-order valence-corrected chi connectivity index (χ2v) is 6.82. The van der Waals surface area contributed by atoms with Gasteiger partial charge in [0, 0.05) is 12.6 Å². The van der Waals surface area contributed by atoms with Crippen LogP contribution in [0.25, 0.3) is 0 Å². The van der Waals surface area contributed by atoms with Gasteiger partial charge in [-0.3, -0.25) is 4.90 Å². The summed E-state index contributed by atoms with van der Waals surface area (Å²) in [4.78, 5) is 13.7. The highest BCUT2D eigenvalue weighted by Crippen LogP contribution is 2.41. The first-order valence-corrected chi connectivity index (χ1v) is 8.79. The quantitative estimate of drug-likeness (QED) is 0.835. The van der Waals surface area contributed by atoms with E-state index in [2.05, 4.69) is 0 Å². The number of carbonyl (C=O) groups is 1. The highest BCUT2D eigenvalue weighted by atomic mass is 19.1. The summed E-state index contributed by atoms with van der Waals surface area (Å²) in [6.07, 6.45) is 1.24. The zero-order valence-corrected chi connectivity index (χ0v) is 14.4. The SMILES string of the molecule is C[C@H](c1ccccc1)N(Cc1ccccc1)[C@@H]1CCC[C@]1(F)C(=O)O. The Labute approximate surface area is 148 Å². The summed E-state index contributed by atoms with van der Waals surface area (Å²) in [6.45, 7) is 2.55. The summed E-state index contributed by atoms with van der Waals surface area (Å²) in [5.41, 5.74) is -0.0549. The molecule has 3 rings (SSSR count). The number of halogens is 1. The number of alkyl halides is 1. The van der Waals surface area contributed by atoms with E-state index in [9.17, 15) is 9.90 Å². The topological polar surface area (TPSA) is 40.5 Å². The predicted octanol–water partition coefficient (Wildman–Crippen LogP) is 4.60. The molecular formula is C21H24FNO2. The van der Waals surface area contributed by atoms with Crippen molar-refractivity contribution in [3.8, 4) is 0 Å². The Morgan fingerprint density at radius 3 is 2.40 bits per heavy atom. The molecule has 1 fully saturated rings. The first-order valence-electron chi connectivity index (χ1n) is 8.79. The van der Waals surface area contributed by atoms with Crippen molar-refractivity contribution in [1.29, 1.82) is 0 Å². The molecule has 3 atom stereocenters. The highest BCUT2D eigenvalue weighted by molar-refractivity contribution is 5.79. The van der Waals surface area contributed by atoms with E-state index in [1.54, 1.807) is 0 Å². The molecule has 4 heteroatoms. The summed E-state index contributed by atoms with van der Waals surface area (Å²) >= 11 is 0. The molecule has 0 saturated heterocycles. The smallest absolute Gasteiger partial charge is 0.343 e. The number of nitrogens with zero attached hydrogens (tertiary/aromatic N) is 1.